The molecule has 0 bridgehead atoms. The number of carboxylic acid groups (broad SMARTS) is 1. The van der Waals surface area contributed by atoms with Gasteiger partial charge in [-0.3, -0.25) is 4.90 Å². The van der Waals surface area contributed by atoms with Crippen LogP contribution in [0.5, 0.6) is 11.5 Å². The van der Waals surface area contributed by atoms with Crippen LogP contribution in [0, 0.1) is 0 Å². The quantitative estimate of drug-likeness (QED) is 0.466. The molecule has 0 amide bonds. The second-order valence-electron chi connectivity index (χ2n) is 9.42. The molecule has 1 aliphatic carbocycles. The minimum absolute atomic E-state index is 0.195. The molecule has 1 heterocycles. The summed E-state index contributed by atoms with van der Waals surface area (Å²) >= 11 is 0. The van der Waals surface area contributed by atoms with Crippen LogP contribution in [-0.4, -0.2) is 49.0 Å². The zero-order valence-electron chi connectivity index (χ0n) is 20.6. The lowest BCUT2D eigenvalue weighted by Crippen LogP contribution is -2.53. The molecule has 6 nitrogen and oxygen atoms in total. The number of benzene rings is 2. The van der Waals surface area contributed by atoms with Crippen LogP contribution in [0.4, 0.5) is 4.79 Å². The van der Waals surface area contributed by atoms with Gasteiger partial charge >= 0.3 is 6.16 Å². The van der Waals surface area contributed by atoms with Crippen molar-refractivity contribution in [3.8, 4) is 11.5 Å². The number of rotatable bonds is 9. The van der Waals surface area contributed by atoms with Crippen molar-refractivity contribution < 1.29 is 24.1 Å². The predicted molar refractivity (Wildman–Crippen MR) is 133 cm³/mol. The summed E-state index contributed by atoms with van der Waals surface area (Å²) in [6, 6.07) is 12.8. The van der Waals surface area contributed by atoms with Crippen molar-refractivity contribution in [3.63, 3.8) is 0 Å². The maximum absolute atomic E-state index is 10.7. The van der Waals surface area contributed by atoms with Crippen LogP contribution >= 0.6 is 0 Å². The van der Waals surface area contributed by atoms with Gasteiger partial charge in [0.05, 0.1) is 7.11 Å². The van der Waals surface area contributed by atoms with Crippen LogP contribution in [0.1, 0.15) is 61.8 Å². The molecule has 1 aliphatic heterocycles. The predicted octanol–water partition coefficient (Wildman–Crippen LogP) is 5.89. The molecule has 0 aromatic heterocycles. The second-order valence-corrected chi connectivity index (χ2v) is 9.42. The van der Waals surface area contributed by atoms with Gasteiger partial charge in [0.1, 0.15) is 24.2 Å². The third-order valence-corrected chi connectivity index (χ3v) is 7.20. The smallest absolute Gasteiger partial charge is 0.496 e. The van der Waals surface area contributed by atoms with Crippen molar-refractivity contribution in [1.82, 2.24) is 4.90 Å². The molecule has 0 spiro atoms. The van der Waals surface area contributed by atoms with Crippen molar-refractivity contribution in [1.29, 1.82) is 0 Å². The molecule has 4 rings (SSSR count). The van der Waals surface area contributed by atoms with Crippen molar-refractivity contribution in [3.05, 3.63) is 64.2 Å². The first-order valence-electron chi connectivity index (χ1n) is 12.1. The maximum Gasteiger partial charge on any atom is 0.506 e. The number of carbonyl (C=O) groups is 1. The summed E-state index contributed by atoms with van der Waals surface area (Å²) < 4.78 is 16.6. The Morgan fingerprint density at radius 1 is 1.18 bits per heavy atom. The molecule has 0 radical (unpaired) electrons. The normalized spacial score (nSPS) is 17.1. The van der Waals surface area contributed by atoms with E-state index in [1.165, 1.54) is 27.8 Å². The van der Waals surface area contributed by atoms with Crippen LogP contribution in [-0.2, 0) is 17.8 Å². The highest BCUT2D eigenvalue weighted by molar-refractivity contribution is 5.72. The topological polar surface area (TPSA) is 68.2 Å². The molecular formula is C28H35NO5. The molecule has 2 aromatic rings. The number of fused-ring (bicyclic) bond motifs is 1. The third kappa shape index (κ3) is 5.39. The van der Waals surface area contributed by atoms with Crippen molar-refractivity contribution >= 4 is 11.7 Å². The summed E-state index contributed by atoms with van der Waals surface area (Å²) in [6.07, 6.45) is 1.70. The van der Waals surface area contributed by atoms with Gasteiger partial charge in [-0.1, -0.05) is 37.6 Å². The summed E-state index contributed by atoms with van der Waals surface area (Å²) in [7, 11) is 1.71. The molecule has 2 aliphatic rings. The van der Waals surface area contributed by atoms with Crippen molar-refractivity contribution in [2.45, 2.75) is 58.7 Å². The van der Waals surface area contributed by atoms with Crippen LogP contribution in [0.2, 0.25) is 0 Å². The lowest BCUT2D eigenvalue weighted by atomic mass is 9.85. The molecule has 6 heteroatoms. The minimum atomic E-state index is -1.19. The standard InChI is InChI=1S/C28H35NO5/c1-5-18(2)20-6-9-23(27(13-20)32-4)17-33-24-10-11-26-19(3)22(8-7-21(26)12-24)14-29-15-25(16-29)34-28(30)31/h6,9-13,18,25H,5,7-8,14-17H2,1-4H3,(H,30,31). The highest BCUT2D eigenvalue weighted by atomic mass is 16.7. The van der Waals surface area contributed by atoms with Gasteiger partial charge in [-0.15, -0.1) is 0 Å². The molecule has 2 aromatic carbocycles. The summed E-state index contributed by atoms with van der Waals surface area (Å²) in [5.41, 5.74) is 7.67. The Kier molecular flexibility index (Phi) is 7.47. The van der Waals surface area contributed by atoms with E-state index in [4.69, 9.17) is 19.3 Å². The number of allylic oxidation sites excluding steroid dienone is 1. The van der Waals surface area contributed by atoms with Gasteiger partial charge in [0.2, 0.25) is 0 Å². The fraction of sp³-hybridized carbons (Fsp3) is 0.464. The Morgan fingerprint density at radius 2 is 1.97 bits per heavy atom. The summed E-state index contributed by atoms with van der Waals surface area (Å²) in [6.45, 7) is 9.29. The van der Waals surface area contributed by atoms with Gasteiger partial charge in [-0.25, -0.2) is 4.79 Å². The summed E-state index contributed by atoms with van der Waals surface area (Å²) in [4.78, 5) is 12.9. The molecule has 1 N–H and O–H groups in total. The highest BCUT2D eigenvalue weighted by Gasteiger charge is 2.31. The van der Waals surface area contributed by atoms with E-state index in [9.17, 15) is 4.79 Å². The van der Waals surface area contributed by atoms with Crippen molar-refractivity contribution in [2.24, 2.45) is 0 Å². The molecular weight excluding hydrogens is 430 g/mol. The lowest BCUT2D eigenvalue weighted by Gasteiger charge is -2.39. The van der Waals surface area contributed by atoms with E-state index in [1.54, 1.807) is 7.11 Å². The first-order chi connectivity index (χ1) is 16.4. The van der Waals surface area contributed by atoms with E-state index < -0.39 is 6.16 Å². The molecule has 1 saturated heterocycles. The fourth-order valence-electron chi connectivity index (χ4n) is 4.82. The fourth-order valence-corrected chi connectivity index (χ4v) is 4.82. The molecule has 34 heavy (non-hydrogen) atoms. The first kappa shape index (κ1) is 24.1. The van der Waals surface area contributed by atoms with E-state index >= 15 is 0 Å². The SMILES string of the molecule is CCC(C)c1ccc(COc2ccc3c(c2)CCC(CN2CC(OC(=O)O)C2)=C3C)c(OC)c1. The van der Waals surface area contributed by atoms with Gasteiger partial charge in [0.25, 0.3) is 0 Å². The maximum atomic E-state index is 10.7. The Morgan fingerprint density at radius 3 is 2.68 bits per heavy atom. The number of hydrogen-bond acceptors (Lipinski definition) is 5. The van der Waals surface area contributed by atoms with Gasteiger partial charge in [0.15, 0.2) is 0 Å². The Bertz CT molecular complexity index is 1070. The Labute approximate surface area is 202 Å². The largest absolute Gasteiger partial charge is 0.506 e. The molecule has 0 saturated carbocycles. The zero-order valence-corrected chi connectivity index (χ0v) is 20.6. The number of ether oxygens (including phenoxy) is 3. The molecule has 1 atom stereocenters. The van der Waals surface area contributed by atoms with E-state index in [0.717, 1.165) is 42.9 Å². The number of aryl methyl sites for hydroxylation is 1. The van der Waals surface area contributed by atoms with E-state index in [0.29, 0.717) is 25.6 Å². The second kappa shape index (κ2) is 10.5. The van der Waals surface area contributed by atoms with Gasteiger partial charge in [0, 0.05) is 25.2 Å². The van der Waals surface area contributed by atoms with Crippen LogP contribution < -0.4 is 9.47 Å². The van der Waals surface area contributed by atoms with Gasteiger partial charge in [-0.05, 0) is 72.6 Å². The number of methoxy groups -OCH3 is 1. The van der Waals surface area contributed by atoms with Gasteiger partial charge in [-0.2, -0.15) is 0 Å². The molecule has 1 unspecified atom stereocenters. The summed E-state index contributed by atoms with van der Waals surface area (Å²) in [5, 5.41) is 8.73. The van der Waals surface area contributed by atoms with Crippen LogP contribution in [0.3, 0.4) is 0 Å². The molecule has 182 valence electrons. The number of nitrogens with zero attached hydrogens (tertiary/aromatic N) is 1. The average molecular weight is 466 g/mol. The third-order valence-electron chi connectivity index (χ3n) is 7.20. The average Bonchev–Trinajstić information content (AvgIpc) is 2.81. The number of hydrogen-bond donors (Lipinski definition) is 1. The lowest BCUT2D eigenvalue weighted by molar-refractivity contribution is -0.0292. The monoisotopic (exact) mass is 465 g/mol. The zero-order chi connectivity index (χ0) is 24.2. The minimum Gasteiger partial charge on any atom is -0.496 e. The van der Waals surface area contributed by atoms with E-state index in [1.807, 2.05) is 6.07 Å². The van der Waals surface area contributed by atoms with Crippen LogP contribution in [0.25, 0.3) is 5.57 Å². The van der Waals surface area contributed by atoms with E-state index in [-0.39, 0.29) is 6.10 Å². The van der Waals surface area contributed by atoms with Crippen LogP contribution in [0.15, 0.2) is 42.0 Å². The Balaban J connectivity index is 1.39. The number of likely N-dealkylation sites (tertiary alicyclic amines) is 1. The van der Waals surface area contributed by atoms with Gasteiger partial charge < -0.3 is 19.3 Å². The molecule has 1 fully saturated rings. The van der Waals surface area contributed by atoms with Crippen molar-refractivity contribution in [2.75, 3.05) is 26.7 Å². The van der Waals surface area contributed by atoms with E-state index in [2.05, 4.69) is 56.0 Å². The highest BCUT2D eigenvalue weighted by Crippen LogP contribution is 2.35. The summed E-state index contributed by atoms with van der Waals surface area (Å²) in [5.74, 6) is 2.26. The first-order valence-corrected chi connectivity index (χ1v) is 12.1. The Hall–Kier alpha value is -2.99.